The Kier molecular flexibility index (Phi) is 4.85. The van der Waals surface area contributed by atoms with Crippen molar-refractivity contribution >= 4 is 11.7 Å². The number of nitrogens with zero attached hydrogens (tertiary/aromatic N) is 1. The molecule has 4 heteroatoms. The molecule has 0 saturated carbocycles. The Labute approximate surface area is 119 Å². The molecule has 0 aliphatic rings. The van der Waals surface area contributed by atoms with E-state index in [1.165, 1.54) is 0 Å². The van der Waals surface area contributed by atoms with Crippen molar-refractivity contribution in [1.82, 2.24) is 4.98 Å². The number of aryl methyl sites for hydroxylation is 1. The highest BCUT2D eigenvalue weighted by Gasteiger charge is 2.17. The molecule has 0 radical (unpaired) electrons. The van der Waals surface area contributed by atoms with Gasteiger partial charge in [-0.25, -0.2) is 4.98 Å². The van der Waals surface area contributed by atoms with E-state index < -0.39 is 0 Å². The van der Waals surface area contributed by atoms with Crippen molar-refractivity contribution < 1.29 is 4.79 Å². The van der Waals surface area contributed by atoms with Crippen molar-refractivity contribution in [1.29, 1.82) is 0 Å². The van der Waals surface area contributed by atoms with E-state index in [1.807, 2.05) is 49.4 Å². The van der Waals surface area contributed by atoms with Gasteiger partial charge in [0.15, 0.2) is 0 Å². The van der Waals surface area contributed by atoms with Gasteiger partial charge in [0.1, 0.15) is 5.82 Å². The number of benzene rings is 1. The zero-order valence-electron chi connectivity index (χ0n) is 11.5. The van der Waals surface area contributed by atoms with E-state index in [2.05, 4.69) is 10.3 Å². The van der Waals surface area contributed by atoms with E-state index in [1.54, 1.807) is 6.20 Å². The summed E-state index contributed by atoms with van der Waals surface area (Å²) in [5, 5.41) is 2.82. The number of hydrogen-bond donors (Lipinski definition) is 2. The molecule has 20 heavy (non-hydrogen) atoms. The standard InChI is InChI=1S/C16H19N3O/c1-12-7-8-18-15(9-12)19-16(20)14(11-17)10-13-5-3-2-4-6-13/h2-9,14H,10-11,17H2,1H3,(H,18,19,20). The summed E-state index contributed by atoms with van der Waals surface area (Å²) in [4.78, 5) is 16.4. The van der Waals surface area contributed by atoms with Gasteiger partial charge in [0.05, 0.1) is 5.92 Å². The molecule has 1 amide bonds. The second-order valence-corrected chi connectivity index (χ2v) is 4.83. The first-order valence-corrected chi connectivity index (χ1v) is 6.66. The van der Waals surface area contributed by atoms with Crippen LogP contribution in [0.1, 0.15) is 11.1 Å². The number of hydrogen-bond acceptors (Lipinski definition) is 3. The van der Waals surface area contributed by atoms with Crippen molar-refractivity contribution in [2.45, 2.75) is 13.3 Å². The highest BCUT2D eigenvalue weighted by molar-refractivity contribution is 5.92. The molecular formula is C16H19N3O. The van der Waals surface area contributed by atoms with Crippen LogP contribution in [-0.4, -0.2) is 17.4 Å². The Balaban J connectivity index is 2.02. The van der Waals surface area contributed by atoms with Gasteiger partial charge >= 0.3 is 0 Å². The summed E-state index contributed by atoms with van der Waals surface area (Å²) in [7, 11) is 0. The number of aromatic nitrogens is 1. The second kappa shape index (κ2) is 6.82. The van der Waals surface area contributed by atoms with Crippen LogP contribution >= 0.6 is 0 Å². The summed E-state index contributed by atoms with van der Waals surface area (Å²) in [5.41, 5.74) is 7.89. The maximum atomic E-state index is 12.2. The van der Waals surface area contributed by atoms with Gasteiger partial charge in [0, 0.05) is 12.7 Å². The molecule has 1 aromatic heterocycles. The van der Waals surface area contributed by atoms with Crippen LogP contribution in [0.3, 0.4) is 0 Å². The van der Waals surface area contributed by atoms with Gasteiger partial charge in [-0.2, -0.15) is 0 Å². The van der Waals surface area contributed by atoms with Gasteiger partial charge in [0.25, 0.3) is 0 Å². The first-order valence-electron chi connectivity index (χ1n) is 6.66. The number of nitrogens with one attached hydrogen (secondary N) is 1. The summed E-state index contributed by atoms with van der Waals surface area (Å²) in [5.74, 6) is 0.232. The third-order valence-electron chi connectivity index (χ3n) is 3.15. The quantitative estimate of drug-likeness (QED) is 0.874. The van der Waals surface area contributed by atoms with Crippen molar-refractivity contribution in [3.05, 3.63) is 59.8 Å². The van der Waals surface area contributed by atoms with Gasteiger partial charge in [-0.05, 0) is 36.6 Å². The lowest BCUT2D eigenvalue weighted by atomic mass is 9.98. The number of nitrogens with two attached hydrogens (primary N) is 1. The largest absolute Gasteiger partial charge is 0.330 e. The topological polar surface area (TPSA) is 68.0 Å². The molecule has 1 atom stereocenters. The van der Waals surface area contributed by atoms with Crippen LogP contribution in [0.15, 0.2) is 48.7 Å². The molecular weight excluding hydrogens is 250 g/mol. The highest BCUT2D eigenvalue weighted by atomic mass is 16.1. The van der Waals surface area contributed by atoms with Gasteiger partial charge < -0.3 is 11.1 Å². The zero-order valence-corrected chi connectivity index (χ0v) is 11.5. The fourth-order valence-corrected chi connectivity index (χ4v) is 2.01. The number of anilines is 1. The van der Waals surface area contributed by atoms with Crippen LogP contribution in [0, 0.1) is 12.8 Å². The van der Waals surface area contributed by atoms with Gasteiger partial charge in [0.2, 0.25) is 5.91 Å². The van der Waals surface area contributed by atoms with E-state index in [4.69, 9.17) is 5.73 Å². The Morgan fingerprint density at radius 1 is 1.30 bits per heavy atom. The highest BCUT2D eigenvalue weighted by Crippen LogP contribution is 2.11. The van der Waals surface area contributed by atoms with E-state index in [-0.39, 0.29) is 11.8 Å². The smallest absolute Gasteiger partial charge is 0.230 e. The van der Waals surface area contributed by atoms with Crippen molar-refractivity contribution in [3.63, 3.8) is 0 Å². The number of rotatable bonds is 5. The summed E-state index contributed by atoms with van der Waals surface area (Å²) in [6.07, 6.45) is 2.31. The Morgan fingerprint density at radius 3 is 2.70 bits per heavy atom. The van der Waals surface area contributed by atoms with Crippen LogP contribution in [0.5, 0.6) is 0 Å². The van der Waals surface area contributed by atoms with Crippen molar-refractivity contribution in [3.8, 4) is 0 Å². The minimum Gasteiger partial charge on any atom is -0.330 e. The fraction of sp³-hybridized carbons (Fsp3) is 0.250. The minimum absolute atomic E-state index is 0.0885. The Bertz CT molecular complexity index is 569. The zero-order chi connectivity index (χ0) is 14.4. The first-order chi connectivity index (χ1) is 9.69. The number of amides is 1. The lowest BCUT2D eigenvalue weighted by Gasteiger charge is -2.14. The lowest BCUT2D eigenvalue weighted by Crippen LogP contribution is -2.31. The van der Waals surface area contributed by atoms with Crippen LogP contribution in [0.2, 0.25) is 0 Å². The number of carbonyl (C=O) groups is 1. The summed E-state index contributed by atoms with van der Waals surface area (Å²) in [6.45, 7) is 2.27. The van der Waals surface area contributed by atoms with Crippen molar-refractivity contribution in [2.75, 3.05) is 11.9 Å². The fourth-order valence-electron chi connectivity index (χ4n) is 2.01. The van der Waals surface area contributed by atoms with E-state index in [0.29, 0.717) is 18.8 Å². The van der Waals surface area contributed by atoms with Gasteiger partial charge in [-0.15, -0.1) is 0 Å². The summed E-state index contributed by atoms with van der Waals surface area (Å²) in [6, 6.07) is 13.6. The van der Waals surface area contributed by atoms with Crippen molar-refractivity contribution in [2.24, 2.45) is 11.7 Å². The number of carbonyl (C=O) groups excluding carboxylic acids is 1. The molecule has 2 rings (SSSR count). The molecule has 0 saturated heterocycles. The predicted molar refractivity (Wildman–Crippen MR) is 80.3 cm³/mol. The SMILES string of the molecule is Cc1ccnc(NC(=O)C(CN)Cc2ccccc2)c1. The van der Waals surface area contributed by atoms with E-state index in [0.717, 1.165) is 11.1 Å². The molecule has 0 aliphatic carbocycles. The molecule has 0 fully saturated rings. The predicted octanol–water partition coefficient (Wildman–Crippen LogP) is 2.15. The molecule has 0 bridgehead atoms. The monoisotopic (exact) mass is 269 g/mol. The van der Waals surface area contributed by atoms with Crippen LogP contribution in [0.25, 0.3) is 0 Å². The Morgan fingerprint density at radius 2 is 2.05 bits per heavy atom. The van der Waals surface area contributed by atoms with E-state index >= 15 is 0 Å². The second-order valence-electron chi connectivity index (χ2n) is 4.83. The molecule has 2 aromatic rings. The maximum absolute atomic E-state index is 12.2. The third-order valence-corrected chi connectivity index (χ3v) is 3.15. The average molecular weight is 269 g/mol. The van der Waals surface area contributed by atoms with Gasteiger partial charge in [-0.3, -0.25) is 4.79 Å². The average Bonchev–Trinajstić information content (AvgIpc) is 2.45. The van der Waals surface area contributed by atoms with Crippen LogP contribution < -0.4 is 11.1 Å². The first kappa shape index (κ1) is 14.2. The molecule has 1 heterocycles. The summed E-state index contributed by atoms with van der Waals surface area (Å²) >= 11 is 0. The van der Waals surface area contributed by atoms with Crippen LogP contribution in [-0.2, 0) is 11.2 Å². The normalized spacial score (nSPS) is 11.9. The molecule has 1 aromatic carbocycles. The molecule has 4 nitrogen and oxygen atoms in total. The molecule has 104 valence electrons. The van der Waals surface area contributed by atoms with Gasteiger partial charge in [-0.1, -0.05) is 30.3 Å². The van der Waals surface area contributed by atoms with E-state index in [9.17, 15) is 4.79 Å². The third kappa shape index (κ3) is 3.90. The lowest BCUT2D eigenvalue weighted by molar-refractivity contribution is -0.119. The molecule has 0 aliphatic heterocycles. The Hall–Kier alpha value is -2.20. The molecule has 0 spiro atoms. The number of pyridine rings is 1. The summed E-state index contributed by atoms with van der Waals surface area (Å²) < 4.78 is 0. The van der Waals surface area contributed by atoms with Crippen LogP contribution in [0.4, 0.5) is 5.82 Å². The minimum atomic E-state index is -0.250. The maximum Gasteiger partial charge on any atom is 0.230 e. The molecule has 3 N–H and O–H groups in total. The molecule has 1 unspecified atom stereocenters.